The lowest BCUT2D eigenvalue weighted by molar-refractivity contribution is -0.134. The predicted molar refractivity (Wildman–Crippen MR) is 163 cm³/mol. The molecule has 10 heteroatoms. The number of fused-ring (bicyclic) bond motifs is 1. The summed E-state index contributed by atoms with van der Waals surface area (Å²) in [7, 11) is 0. The van der Waals surface area contributed by atoms with Crippen LogP contribution in [-0.2, 0) is 9.53 Å². The van der Waals surface area contributed by atoms with Crippen LogP contribution in [0.3, 0.4) is 0 Å². The van der Waals surface area contributed by atoms with Crippen LogP contribution in [0.15, 0.2) is 36.7 Å². The number of halogens is 1. The number of likely N-dealkylation sites (tertiary alicyclic amines) is 1. The van der Waals surface area contributed by atoms with E-state index in [4.69, 9.17) is 4.74 Å². The van der Waals surface area contributed by atoms with Crippen LogP contribution in [0.5, 0.6) is 0 Å². The molecule has 7 rings (SSSR count). The first kappa shape index (κ1) is 29.1. The SMILES string of the molecule is Cc1c(C(=O)C2CCN(C(=O)[C@@H]3CCC4(CC4)N3)CC2)c2ccncc2n1-c1ccc(F)cc1C(=O)N1[C@H](C)COC[C@H]1C. The summed E-state index contributed by atoms with van der Waals surface area (Å²) in [6, 6.07) is 5.64. The van der Waals surface area contributed by atoms with E-state index < -0.39 is 5.82 Å². The smallest absolute Gasteiger partial charge is 0.256 e. The predicted octanol–water partition coefficient (Wildman–Crippen LogP) is 4.43. The lowest BCUT2D eigenvalue weighted by atomic mass is 9.87. The number of nitrogens with one attached hydrogen (secondary N) is 1. The lowest BCUT2D eigenvalue weighted by Crippen LogP contribution is -2.52. The topological polar surface area (TPSA) is 96.8 Å². The first-order valence-electron chi connectivity index (χ1n) is 15.9. The van der Waals surface area contributed by atoms with Crippen molar-refractivity contribution in [3.8, 4) is 5.69 Å². The quantitative estimate of drug-likeness (QED) is 0.435. The van der Waals surface area contributed by atoms with Crippen molar-refractivity contribution in [2.75, 3.05) is 26.3 Å². The molecule has 0 bridgehead atoms. The fourth-order valence-electron chi connectivity index (χ4n) is 7.75. The van der Waals surface area contributed by atoms with Gasteiger partial charge in [0, 0.05) is 47.4 Å². The van der Waals surface area contributed by atoms with Gasteiger partial charge in [0.2, 0.25) is 5.91 Å². The second-order valence-electron chi connectivity index (χ2n) is 13.3. The van der Waals surface area contributed by atoms with Gasteiger partial charge in [0.25, 0.3) is 5.91 Å². The summed E-state index contributed by atoms with van der Waals surface area (Å²) < 4.78 is 22.2. The van der Waals surface area contributed by atoms with Gasteiger partial charge in [-0.15, -0.1) is 0 Å². The number of carbonyl (C=O) groups excluding carboxylic acids is 3. The number of pyridine rings is 1. The number of benzene rings is 1. The van der Waals surface area contributed by atoms with Crippen LogP contribution in [0.1, 0.15) is 78.8 Å². The van der Waals surface area contributed by atoms with Gasteiger partial charge in [0.1, 0.15) is 5.82 Å². The van der Waals surface area contributed by atoms with Crippen molar-refractivity contribution in [1.82, 2.24) is 24.7 Å². The van der Waals surface area contributed by atoms with E-state index in [2.05, 4.69) is 10.3 Å². The van der Waals surface area contributed by atoms with Crippen LogP contribution in [0.25, 0.3) is 16.6 Å². The second-order valence-corrected chi connectivity index (χ2v) is 13.3. The number of morpholine rings is 1. The molecular formula is C34H40FN5O4. The van der Waals surface area contributed by atoms with Crippen LogP contribution < -0.4 is 5.32 Å². The highest BCUT2D eigenvalue weighted by Crippen LogP contribution is 2.45. The molecule has 4 aliphatic rings. The summed E-state index contributed by atoms with van der Waals surface area (Å²) in [5, 5.41) is 4.31. The molecule has 232 valence electrons. The van der Waals surface area contributed by atoms with E-state index in [1.165, 1.54) is 12.1 Å². The zero-order valence-corrected chi connectivity index (χ0v) is 25.6. The fourth-order valence-corrected chi connectivity index (χ4v) is 7.75. The van der Waals surface area contributed by atoms with E-state index in [0.717, 1.165) is 31.1 Å². The number of piperidine rings is 1. The van der Waals surface area contributed by atoms with Gasteiger partial charge < -0.3 is 24.4 Å². The number of rotatable bonds is 5. The van der Waals surface area contributed by atoms with E-state index in [1.54, 1.807) is 23.4 Å². The lowest BCUT2D eigenvalue weighted by Gasteiger charge is -2.39. The average molecular weight is 602 g/mol. The van der Waals surface area contributed by atoms with Crippen molar-refractivity contribution in [1.29, 1.82) is 0 Å². The Morgan fingerprint density at radius 1 is 1.02 bits per heavy atom. The molecule has 1 saturated carbocycles. The van der Waals surface area contributed by atoms with Gasteiger partial charge in [0.05, 0.1) is 54.3 Å². The minimum Gasteiger partial charge on any atom is -0.377 e. The number of ether oxygens (including phenoxy) is 1. The Labute approximate surface area is 256 Å². The molecule has 4 fully saturated rings. The second kappa shape index (κ2) is 11.1. The Morgan fingerprint density at radius 2 is 1.75 bits per heavy atom. The summed E-state index contributed by atoms with van der Waals surface area (Å²) in [5.41, 5.74) is 2.92. The molecule has 44 heavy (non-hydrogen) atoms. The number of amides is 2. The maximum atomic E-state index is 14.7. The van der Waals surface area contributed by atoms with Gasteiger partial charge in [-0.1, -0.05) is 0 Å². The number of ketones is 1. The van der Waals surface area contributed by atoms with Crippen molar-refractivity contribution in [3.63, 3.8) is 0 Å². The zero-order valence-electron chi connectivity index (χ0n) is 25.6. The molecule has 1 spiro atoms. The summed E-state index contributed by atoms with van der Waals surface area (Å²) in [6.07, 6.45) is 8.85. The highest BCUT2D eigenvalue weighted by atomic mass is 19.1. The normalized spacial score (nSPS) is 25.1. The molecule has 5 heterocycles. The molecule has 3 atom stereocenters. The van der Waals surface area contributed by atoms with Crippen molar-refractivity contribution in [3.05, 3.63) is 59.3 Å². The third-order valence-electron chi connectivity index (χ3n) is 10.3. The van der Waals surface area contributed by atoms with Crippen LogP contribution in [0.4, 0.5) is 4.39 Å². The molecular weight excluding hydrogens is 561 g/mol. The van der Waals surface area contributed by atoms with Gasteiger partial charge in [-0.25, -0.2) is 4.39 Å². The number of Topliss-reactive ketones (excluding diaryl/α,β-unsaturated/α-hetero) is 1. The third-order valence-corrected chi connectivity index (χ3v) is 10.3. The van der Waals surface area contributed by atoms with Gasteiger partial charge in [-0.3, -0.25) is 19.4 Å². The van der Waals surface area contributed by atoms with E-state index in [1.807, 2.05) is 36.3 Å². The highest BCUT2D eigenvalue weighted by Gasteiger charge is 2.50. The van der Waals surface area contributed by atoms with Crippen LogP contribution >= 0.6 is 0 Å². The summed E-state index contributed by atoms with van der Waals surface area (Å²) >= 11 is 0. The first-order chi connectivity index (χ1) is 21.2. The Bertz CT molecular complexity index is 1630. The molecule has 3 aromatic rings. The minimum absolute atomic E-state index is 0.0332. The fraction of sp³-hybridized carbons (Fsp3) is 0.529. The summed E-state index contributed by atoms with van der Waals surface area (Å²) in [4.78, 5) is 49.5. The van der Waals surface area contributed by atoms with Gasteiger partial charge in [-0.05, 0) is 83.6 Å². The molecule has 0 unspecified atom stereocenters. The Morgan fingerprint density at radius 3 is 2.43 bits per heavy atom. The monoisotopic (exact) mass is 601 g/mol. The third kappa shape index (κ3) is 4.92. The highest BCUT2D eigenvalue weighted by molar-refractivity contribution is 6.11. The number of nitrogens with zero attached hydrogens (tertiary/aromatic N) is 4. The molecule has 1 N–H and O–H groups in total. The molecule has 9 nitrogen and oxygen atoms in total. The maximum absolute atomic E-state index is 14.7. The molecule has 3 saturated heterocycles. The van der Waals surface area contributed by atoms with E-state index in [0.29, 0.717) is 61.6 Å². The van der Waals surface area contributed by atoms with Crippen LogP contribution in [0.2, 0.25) is 0 Å². The summed E-state index contributed by atoms with van der Waals surface area (Å²) in [6.45, 7) is 7.68. The summed E-state index contributed by atoms with van der Waals surface area (Å²) in [5.74, 6) is -0.805. The van der Waals surface area contributed by atoms with E-state index in [-0.39, 0.29) is 52.7 Å². The van der Waals surface area contributed by atoms with E-state index in [9.17, 15) is 18.8 Å². The van der Waals surface area contributed by atoms with Gasteiger partial charge >= 0.3 is 0 Å². The molecule has 1 aliphatic carbocycles. The van der Waals surface area contributed by atoms with Crippen LogP contribution in [-0.4, -0.2) is 86.9 Å². The van der Waals surface area contributed by atoms with Crippen molar-refractivity contribution >= 4 is 28.5 Å². The van der Waals surface area contributed by atoms with E-state index >= 15 is 0 Å². The zero-order chi connectivity index (χ0) is 30.7. The van der Waals surface area contributed by atoms with Crippen LogP contribution in [0, 0.1) is 18.7 Å². The number of aromatic nitrogens is 2. The number of hydrogen-bond donors (Lipinski definition) is 1. The van der Waals surface area contributed by atoms with Crippen molar-refractivity contribution in [2.45, 2.75) is 83.0 Å². The molecule has 2 amide bonds. The van der Waals surface area contributed by atoms with Gasteiger partial charge in [0.15, 0.2) is 5.78 Å². The Kier molecular flexibility index (Phi) is 7.32. The Balaban J connectivity index is 1.18. The first-order valence-corrected chi connectivity index (χ1v) is 15.9. The standard InChI is InChI=1S/C34H40FN5O4/c1-20-18-44-19-21(2)39(20)32(42)26-16-24(35)4-5-28(26)40-22(3)30(25-7-13-36-17-29(25)40)31(41)23-8-14-38(15-9-23)33(43)27-6-10-34(37-27)11-12-34/h4-5,7,13,16-17,20-21,23,27,37H,6,8-12,14-15,18-19H2,1-3H3/t20-,21-,27+/m1/s1. The maximum Gasteiger partial charge on any atom is 0.256 e. The Hall–Kier alpha value is -3.63. The molecule has 2 aromatic heterocycles. The minimum atomic E-state index is -0.504. The number of hydrogen-bond acceptors (Lipinski definition) is 6. The number of carbonyl (C=O) groups is 3. The molecule has 1 aromatic carbocycles. The average Bonchev–Trinajstić information content (AvgIpc) is 3.54. The van der Waals surface area contributed by atoms with Crippen molar-refractivity contribution < 1.29 is 23.5 Å². The largest absolute Gasteiger partial charge is 0.377 e. The molecule has 3 aliphatic heterocycles. The van der Waals surface area contributed by atoms with Gasteiger partial charge in [-0.2, -0.15) is 0 Å². The molecule has 0 radical (unpaired) electrons. The van der Waals surface area contributed by atoms with Crippen molar-refractivity contribution in [2.24, 2.45) is 5.92 Å².